The van der Waals surface area contributed by atoms with E-state index in [1.165, 1.54) is 32.1 Å². The lowest BCUT2D eigenvalue weighted by Gasteiger charge is -2.12. The van der Waals surface area contributed by atoms with E-state index in [2.05, 4.69) is 13.8 Å². The summed E-state index contributed by atoms with van der Waals surface area (Å²) in [6.07, 6.45) is 9.23. The minimum Gasteiger partial charge on any atom is -0.494 e. The molecule has 0 aromatic heterocycles. The molecule has 0 fully saturated rings. The summed E-state index contributed by atoms with van der Waals surface area (Å²) in [6.45, 7) is 5.69. The SMILES string of the molecule is CCCCCCOc1ccc2c(ccc3c(F)c(OCCCCCC)ccc32)c1. The van der Waals surface area contributed by atoms with Gasteiger partial charge < -0.3 is 9.47 Å². The van der Waals surface area contributed by atoms with Crippen molar-refractivity contribution in [2.45, 2.75) is 65.2 Å². The summed E-state index contributed by atoms with van der Waals surface area (Å²) in [5, 5.41) is 3.62. The quantitative estimate of drug-likeness (QED) is 0.228. The van der Waals surface area contributed by atoms with Crippen LogP contribution in [0.5, 0.6) is 11.5 Å². The molecule has 3 aromatic carbocycles. The van der Waals surface area contributed by atoms with Crippen LogP contribution in [0.3, 0.4) is 0 Å². The van der Waals surface area contributed by atoms with Crippen LogP contribution in [0.2, 0.25) is 0 Å². The minimum atomic E-state index is -0.267. The number of hydrogen-bond acceptors (Lipinski definition) is 2. The Balaban J connectivity index is 1.72. The Kier molecular flexibility index (Phi) is 8.15. The number of rotatable bonds is 12. The molecule has 0 radical (unpaired) electrons. The zero-order valence-electron chi connectivity index (χ0n) is 17.8. The topological polar surface area (TPSA) is 18.5 Å². The first kappa shape index (κ1) is 21.4. The third-order valence-electron chi connectivity index (χ3n) is 5.41. The highest BCUT2D eigenvalue weighted by Gasteiger charge is 2.11. The van der Waals surface area contributed by atoms with Crippen molar-refractivity contribution in [1.82, 2.24) is 0 Å². The maximum atomic E-state index is 15.0. The fourth-order valence-corrected chi connectivity index (χ4v) is 3.70. The Hall–Kier alpha value is -2.29. The zero-order chi connectivity index (χ0) is 20.5. The second-order valence-corrected chi connectivity index (χ2v) is 7.74. The number of unbranched alkanes of at least 4 members (excludes halogenated alkanes) is 6. The van der Waals surface area contributed by atoms with Crippen molar-refractivity contribution in [1.29, 1.82) is 0 Å². The molecule has 3 aromatic rings. The molecule has 29 heavy (non-hydrogen) atoms. The third-order valence-corrected chi connectivity index (χ3v) is 5.41. The van der Waals surface area contributed by atoms with Gasteiger partial charge in [-0.15, -0.1) is 0 Å². The van der Waals surface area contributed by atoms with Crippen LogP contribution in [0.1, 0.15) is 65.2 Å². The van der Waals surface area contributed by atoms with Crippen LogP contribution < -0.4 is 9.47 Å². The Morgan fingerprint density at radius 1 is 0.655 bits per heavy atom. The van der Waals surface area contributed by atoms with Gasteiger partial charge in [0.25, 0.3) is 0 Å². The first-order chi connectivity index (χ1) is 14.2. The standard InChI is InChI=1S/C26H33FO2/c1-3-5-7-9-17-28-21-12-14-22-20(19-21)11-13-24-23(22)15-16-25(26(24)27)29-18-10-8-6-4-2/h11-16,19H,3-10,17-18H2,1-2H3. The Labute approximate surface area is 174 Å². The van der Waals surface area contributed by atoms with Crippen molar-refractivity contribution in [3.05, 3.63) is 48.3 Å². The molecule has 0 aliphatic carbocycles. The highest BCUT2D eigenvalue weighted by Crippen LogP contribution is 2.33. The molecule has 3 heteroatoms. The monoisotopic (exact) mass is 396 g/mol. The minimum absolute atomic E-state index is 0.267. The van der Waals surface area contributed by atoms with Crippen LogP contribution in [0.4, 0.5) is 4.39 Å². The van der Waals surface area contributed by atoms with E-state index in [-0.39, 0.29) is 5.82 Å². The molecule has 0 atom stereocenters. The number of fused-ring (bicyclic) bond motifs is 3. The maximum Gasteiger partial charge on any atom is 0.172 e. The molecule has 0 amide bonds. The van der Waals surface area contributed by atoms with Crippen LogP contribution >= 0.6 is 0 Å². The molecule has 0 spiro atoms. The smallest absolute Gasteiger partial charge is 0.172 e. The lowest BCUT2D eigenvalue weighted by Crippen LogP contribution is -2.00. The number of halogens is 1. The van der Waals surface area contributed by atoms with Gasteiger partial charge in [-0.1, -0.05) is 70.6 Å². The molecular weight excluding hydrogens is 363 g/mol. The van der Waals surface area contributed by atoms with Crippen LogP contribution in [0.15, 0.2) is 42.5 Å². The van der Waals surface area contributed by atoms with E-state index in [0.29, 0.717) is 17.7 Å². The van der Waals surface area contributed by atoms with Crippen molar-refractivity contribution in [3.8, 4) is 11.5 Å². The number of hydrogen-bond donors (Lipinski definition) is 0. The predicted octanol–water partition coefficient (Wildman–Crippen LogP) is 8.05. The average Bonchev–Trinajstić information content (AvgIpc) is 2.74. The Bertz CT molecular complexity index is 919. The van der Waals surface area contributed by atoms with Gasteiger partial charge in [0.2, 0.25) is 0 Å². The van der Waals surface area contributed by atoms with Gasteiger partial charge in [-0.05, 0) is 53.3 Å². The van der Waals surface area contributed by atoms with Gasteiger partial charge >= 0.3 is 0 Å². The average molecular weight is 397 g/mol. The zero-order valence-corrected chi connectivity index (χ0v) is 17.8. The van der Waals surface area contributed by atoms with Crippen LogP contribution in [0.25, 0.3) is 21.5 Å². The Morgan fingerprint density at radius 3 is 2.03 bits per heavy atom. The normalized spacial score (nSPS) is 11.3. The van der Waals surface area contributed by atoms with Gasteiger partial charge in [-0.25, -0.2) is 4.39 Å². The van der Waals surface area contributed by atoms with E-state index in [1.807, 2.05) is 36.4 Å². The fourth-order valence-electron chi connectivity index (χ4n) is 3.70. The maximum absolute atomic E-state index is 15.0. The first-order valence-electron chi connectivity index (χ1n) is 11.1. The molecule has 156 valence electrons. The van der Waals surface area contributed by atoms with Gasteiger partial charge in [-0.2, -0.15) is 0 Å². The largest absolute Gasteiger partial charge is 0.494 e. The molecule has 0 unspecified atom stereocenters. The molecule has 0 heterocycles. The van der Waals surface area contributed by atoms with Crippen molar-refractivity contribution in [2.24, 2.45) is 0 Å². The number of benzene rings is 3. The van der Waals surface area contributed by atoms with E-state index in [1.54, 1.807) is 6.07 Å². The van der Waals surface area contributed by atoms with Crippen molar-refractivity contribution >= 4 is 21.5 Å². The summed E-state index contributed by atoms with van der Waals surface area (Å²) in [7, 11) is 0. The van der Waals surface area contributed by atoms with Crippen molar-refractivity contribution in [3.63, 3.8) is 0 Å². The molecule has 2 nitrogen and oxygen atoms in total. The van der Waals surface area contributed by atoms with Gasteiger partial charge in [0.1, 0.15) is 5.75 Å². The number of ether oxygens (including phenoxy) is 2. The summed E-state index contributed by atoms with van der Waals surface area (Å²) in [6, 6.07) is 13.6. The van der Waals surface area contributed by atoms with Gasteiger partial charge in [0.05, 0.1) is 13.2 Å². The van der Waals surface area contributed by atoms with Gasteiger partial charge in [0, 0.05) is 5.39 Å². The molecule has 0 aliphatic rings. The molecule has 0 saturated heterocycles. The highest BCUT2D eigenvalue weighted by atomic mass is 19.1. The predicted molar refractivity (Wildman–Crippen MR) is 121 cm³/mol. The van der Waals surface area contributed by atoms with Crippen molar-refractivity contribution in [2.75, 3.05) is 13.2 Å². The second-order valence-electron chi connectivity index (χ2n) is 7.74. The second kappa shape index (κ2) is 11.0. The summed E-state index contributed by atoms with van der Waals surface area (Å²) in [4.78, 5) is 0. The van der Waals surface area contributed by atoms with E-state index < -0.39 is 0 Å². The van der Waals surface area contributed by atoms with Crippen LogP contribution in [-0.4, -0.2) is 13.2 Å². The molecule has 0 N–H and O–H groups in total. The fraction of sp³-hybridized carbons (Fsp3) is 0.462. The Morgan fingerprint density at radius 2 is 1.31 bits per heavy atom. The lowest BCUT2D eigenvalue weighted by molar-refractivity contribution is 0.292. The van der Waals surface area contributed by atoms with E-state index in [0.717, 1.165) is 47.8 Å². The molecule has 3 rings (SSSR count). The summed E-state index contributed by atoms with van der Waals surface area (Å²) >= 11 is 0. The summed E-state index contributed by atoms with van der Waals surface area (Å²) < 4.78 is 26.6. The van der Waals surface area contributed by atoms with E-state index >= 15 is 0 Å². The van der Waals surface area contributed by atoms with Gasteiger partial charge in [0.15, 0.2) is 11.6 Å². The third kappa shape index (κ3) is 5.62. The molecule has 0 bridgehead atoms. The molecule has 0 aliphatic heterocycles. The molecule has 0 saturated carbocycles. The van der Waals surface area contributed by atoms with E-state index in [4.69, 9.17) is 9.47 Å². The summed E-state index contributed by atoms with van der Waals surface area (Å²) in [5.41, 5.74) is 0. The highest BCUT2D eigenvalue weighted by molar-refractivity contribution is 6.08. The van der Waals surface area contributed by atoms with Crippen LogP contribution in [-0.2, 0) is 0 Å². The van der Waals surface area contributed by atoms with Crippen LogP contribution in [0, 0.1) is 5.82 Å². The summed E-state index contributed by atoms with van der Waals surface area (Å²) in [5.74, 6) is 0.956. The van der Waals surface area contributed by atoms with Gasteiger partial charge in [-0.3, -0.25) is 0 Å². The van der Waals surface area contributed by atoms with E-state index in [9.17, 15) is 4.39 Å². The van der Waals surface area contributed by atoms with Crippen molar-refractivity contribution < 1.29 is 13.9 Å². The molecular formula is C26H33FO2. The first-order valence-corrected chi connectivity index (χ1v) is 11.1. The lowest BCUT2D eigenvalue weighted by atomic mass is 10.0.